The van der Waals surface area contributed by atoms with Crippen LogP contribution in [0.1, 0.15) is 20.8 Å². The predicted molar refractivity (Wildman–Crippen MR) is 95.8 cm³/mol. The second-order valence-electron chi connectivity index (χ2n) is 5.58. The molecule has 0 bridgehead atoms. The highest BCUT2D eigenvalue weighted by molar-refractivity contribution is 6.05. The number of halogens is 2. The van der Waals surface area contributed by atoms with Crippen LogP contribution in [0.4, 0.5) is 14.5 Å². The summed E-state index contributed by atoms with van der Waals surface area (Å²) in [7, 11) is 2.42. The Morgan fingerprint density at radius 3 is 2.43 bits per heavy atom. The van der Waals surface area contributed by atoms with Gasteiger partial charge in [0, 0.05) is 6.07 Å². The summed E-state index contributed by atoms with van der Waals surface area (Å²) in [4.78, 5) is 24.2. The topological polar surface area (TPSA) is 82.5 Å². The number of methoxy groups -OCH3 is 2. The third kappa shape index (κ3) is 3.68. The minimum absolute atomic E-state index is 0.116. The molecule has 0 saturated heterocycles. The third-order valence-electron chi connectivity index (χ3n) is 3.85. The summed E-state index contributed by atoms with van der Waals surface area (Å²) in [5.41, 5.74) is -0.348. The molecule has 0 aliphatic rings. The molecule has 0 aliphatic heterocycles. The summed E-state index contributed by atoms with van der Waals surface area (Å²) in [5, 5.41) is 6.43. The van der Waals surface area contributed by atoms with E-state index in [4.69, 9.17) is 4.74 Å². The maximum atomic E-state index is 14.1. The van der Waals surface area contributed by atoms with Gasteiger partial charge in [-0.15, -0.1) is 0 Å². The quantitative estimate of drug-likeness (QED) is 0.680. The molecule has 1 aromatic heterocycles. The van der Waals surface area contributed by atoms with Gasteiger partial charge in [0.2, 0.25) is 0 Å². The van der Waals surface area contributed by atoms with Crippen molar-refractivity contribution in [1.29, 1.82) is 0 Å². The Morgan fingerprint density at radius 2 is 1.79 bits per heavy atom. The van der Waals surface area contributed by atoms with E-state index in [1.807, 2.05) is 6.07 Å². The van der Waals surface area contributed by atoms with Crippen molar-refractivity contribution in [2.75, 3.05) is 19.5 Å². The Labute approximate surface area is 158 Å². The molecule has 3 aromatic rings. The fraction of sp³-hybridized carbons (Fsp3) is 0.105. The maximum absolute atomic E-state index is 14.1. The van der Waals surface area contributed by atoms with E-state index in [0.717, 1.165) is 13.2 Å². The zero-order valence-corrected chi connectivity index (χ0v) is 14.9. The number of anilines is 1. The number of rotatable bonds is 5. The van der Waals surface area contributed by atoms with Gasteiger partial charge in [0.05, 0.1) is 37.4 Å². The van der Waals surface area contributed by atoms with E-state index in [1.165, 1.54) is 18.0 Å². The second kappa shape index (κ2) is 7.87. The molecule has 28 heavy (non-hydrogen) atoms. The number of hydrogen-bond acceptors (Lipinski definition) is 5. The molecule has 1 amide bonds. The van der Waals surface area contributed by atoms with E-state index in [-0.39, 0.29) is 11.4 Å². The number of amides is 1. The molecule has 9 heteroatoms. The van der Waals surface area contributed by atoms with E-state index in [2.05, 4.69) is 15.2 Å². The van der Waals surface area contributed by atoms with Gasteiger partial charge in [-0.05, 0) is 18.2 Å². The number of para-hydroxylation sites is 1. The summed E-state index contributed by atoms with van der Waals surface area (Å²) in [5.74, 6) is -3.81. The van der Waals surface area contributed by atoms with Crippen molar-refractivity contribution in [3.8, 4) is 11.4 Å². The molecule has 0 atom stereocenters. The monoisotopic (exact) mass is 387 g/mol. The number of carbonyl (C=O) groups excluding carboxylic acids is 2. The number of aromatic nitrogens is 2. The molecule has 1 heterocycles. The smallest absolute Gasteiger partial charge is 0.340 e. The average molecular weight is 387 g/mol. The van der Waals surface area contributed by atoms with Gasteiger partial charge in [0.25, 0.3) is 5.91 Å². The molecule has 2 aromatic carbocycles. The highest BCUT2D eigenvalue weighted by atomic mass is 19.1. The van der Waals surface area contributed by atoms with Crippen LogP contribution in [0, 0.1) is 11.6 Å². The minimum atomic E-state index is -1.10. The number of nitrogens with one attached hydrogen (secondary N) is 1. The number of carbonyl (C=O) groups is 2. The zero-order valence-electron chi connectivity index (χ0n) is 14.9. The molecular weight excluding hydrogens is 372 g/mol. The maximum Gasteiger partial charge on any atom is 0.340 e. The largest absolute Gasteiger partial charge is 0.493 e. The number of hydrogen-bond donors (Lipinski definition) is 1. The van der Waals surface area contributed by atoms with Crippen molar-refractivity contribution in [3.63, 3.8) is 0 Å². The SMILES string of the molecule is COC(=O)c1cc(NC(=O)c2nn(-c3ccccc3)cc2OC)c(F)cc1F. The number of nitrogens with zero attached hydrogens (tertiary/aromatic N) is 2. The minimum Gasteiger partial charge on any atom is -0.493 e. The van der Waals surface area contributed by atoms with Gasteiger partial charge in [-0.3, -0.25) is 4.79 Å². The van der Waals surface area contributed by atoms with Gasteiger partial charge in [-0.2, -0.15) is 5.10 Å². The van der Waals surface area contributed by atoms with Crippen LogP contribution in [-0.4, -0.2) is 35.9 Å². The van der Waals surface area contributed by atoms with E-state index >= 15 is 0 Å². The summed E-state index contributed by atoms with van der Waals surface area (Å²) in [6.45, 7) is 0. The van der Waals surface area contributed by atoms with Crippen LogP contribution >= 0.6 is 0 Å². The average Bonchev–Trinajstić information content (AvgIpc) is 3.14. The second-order valence-corrected chi connectivity index (χ2v) is 5.58. The van der Waals surface area contributed by atoms with Crippen molar-refractivity contribution in [2.24, 2.45) is 0 Å². The Morgan fingerprint density at radius 1 is 1.07 bits per heavy atom. The predicted octanol–water partition coefficient (Wildman–Crippen LogP) is 3.20. The lowest BCUT2D eigenvalue weighted by Crippen LogP contribution is -2.16. The molecular formula is C19H15F2N3O4. The van der Waals surface area contributed by atoms with Gasteiger partial charge in [-0.1, -0.05) is 18.2 Å². The summed E-state index contributed by atoms with van der Waals surface area (Å²) < 4.78 is 38.8. The lowest BCUT2D eigenvalue weighted by atomic mass is 10.1. The lowest BCUT2D eigenvalue weighted by molar-refractivity contribution is 0.0595. The number of benzene rings is 2. The number of ether oxygens (including phenoxy) is 2. The highest BCUT2D eigenvalue weighted by Crippen LogP contribution is 2.24. The lowest BCUT2D eigenvalue weighted by Gasteiger charge is -2.08. The molecule has 3 rings (SSSR count). The van der Waals surface area contributed by atoms with Crippen LogP contribution in [0.5, 0.6) is 5.75 Å². The Bertz CT molecular complexity index is 1040. The van der Waals surface area contributed by atoms with Gasteiger partial charge in [0.15, 0.2) is 11.4 Å². The molecule has 144 valence electrons. The standard InChI is InChI=1S/C19H15F2N3O4/c1-27-16-10-24(11-6-4-3-5-7-11)23-17(16)18(25)22-15-8-12(19(26)28-2)13(20)9-14(15)21/h3-10H,1-2H3,(H,22,25). The molecule has 1 N–H and O–H groups in total. The van der Waals surface area contributed by atoms with Crippen LogP contribution in [0.25, 0.3) is 5.69 Å². The summed E-state index contributed by atoms with van der Waals surface area (Å²) >= 11 is 0. The van der Waals surface area contributed by atoms with E-state index < -0.39 is 34.8 Å². The molecule has 0 spiro atoms. The summed E-state index contributed by atoms with van der Waals surface area (Å²) in [6, 6.07) is 10.3. The summed E-state index contributed by atoms with van der Waals surface area (Å²) in [6.07, 6.45) is 1.49. The zero-order chi connectivity index (χ0) is 20.3. The number of esters is 1. The molecule has 7 nitrogen and oxygen atoms in total. The normalized spacial score (nSPS) is 10.4. The van der Waals surface area contributed by atoms with Crippen molar-refractivity contribution >= 4 is 17.6 Å². The van der Waals surface area contributed by atoms with Gasteiger partial charge in [0.1, 0.15) is 11.6 Å². The fourth-order valence-corrected chi connectivity index (χ4v) is 2.47. The highest BCUT2D eigenvalue weighted by Gasteiger charge is 2.22. The van der Waals surface area contributed by atoms with Crippen LogP contribution in [0.3, 0.4) is 0 Å². The first kappa shape index (κ1) is 19.0. The van der Waals surface area contributed by atoms with Crippen LogP contribution < -0.4 is 10.1 Å². The molecule has 0 unspecified atom stereocenters. The van der Waals surface area contributed by atoms with Crippen molar-refractivity contribution in [2.45, 2.75) is 0 Å². The van der Waals surface area contributed by atoms with Crippen molar-refractivity contribution in [3.05, 3.63) is 71.6 Å². The van der Waals surface area contributed by atoms with Gasteiger partial charge < -0.3 is 14.8 Å². The van der Waals surface area contributed by atoms with Crippen LogP contribution in [0.2, 0.25) is 0 Å². The first-order chi connectivity index (χ1) is 13.4. The van der Waals surface area contributed by atoms with E-state index in [9.17, 15) is 18.4 Å². The van der Waals surface area contributed by atoms with Crippen molar-refractivity contribution in [1.82, 2.24) is 9.78 Å². The van der Waals surface area contributed by atoms with Gasteiger partial charge >= 0.3 is 5.97 Å². The first-order valence-electron chi connectivity index (χ1n) is 8.02. The van der Waals surface area contributed by atoms with E-state index in [0.29, 0.717) is 11.8 Å². The van der Waals surface area contributed by atoms with Gasteiger partial charge in [-0.25, -0.2) is 18.3 Å². The molecule has 0 aliphatic carbocycles. The first-order valence-corrected chi connectivity index (χ1v) is 8.02. The Hall–Kier alpha value is -3.75. The van der Waals surface area contributed by atoms with Crippen LogP contribution in [-0.2, 0) is 4.74 Å². The Kier molecular flexibility index (Phi) is 5.35. The van der Waals surface area contributed by atoms with Crippen LogP contribution in [0.15, 0.2) is 48.7 Å². The van der Waals surface area contributed by atoms with E-state index in [1.54, 1.807) is 24.3 Å². The third-order valence-corrected chi connectivity index (χ3v) is 3.85. The fourth-order valence-electron chi connectivity index (χ4n) is 2.47. The Balaban J connectivity index is 1.93. The molecule has 0 radical (unpaired) electrons. The molecule has 0 saturated carbocycles. The molecule has 0 fully saturated rings. The van der Waals surface area contributed by atoms with Crippen molar-refractivity contribution < 1.29 is 27.8 Å².